The molecule has 1 N–H and O–H groups in total. The van der Waals surface area contributed by atoms with Crippen molar-refractivity contribution in [2.45, 2.75) is 26.2 Å². The highest BCUT2D eigenvalue weighted by Crippen LogP contribution is 2.30. The van der Waals surface area contributed by atoms with E-state index in [9.17, 15) is 4.79 Å². The molecule has 0 spiro atoms. The molecule has 170 valence electrons. The van der Waals surface area contributed by atoms with Gasteiger partial charge in [-0.1, -0.05) is 41.4 Å². The molecule has 4 rings (SSSR count). The molecular weight excluding hydrogens is 504 g/mol. The molecule has 0 aromatic heterocycles. The molecule has 2 aromatic carbocycles. The number of benzene rings is 2. The number of hydrogen-bond donors (Lipinski definition) is 1. The van der Waals surface area contributed by atoms with E-state index in [0.717, 1.165) is 40.1 Å². The predicted molar refractivity (Wildman–Crippen MR) is 136 cm³/mol. The van der Waals surface area contributed by atoms with Gasteiger partial charge in [0.15, 0.2) is 5.84 Å². The van der Waals surface area contributed by atoms with E-state index < -0.39 is 5.91 Å². The quantitative estimate of drug-likeness (QED) is 0.333. The Kier molecular flexibility index (Phi) is 7.61. The third-order valence-corrected chi connectivity index (χ3v) is 6.34. The fourth-order valence-corrected chi connectivity index (χ4v) is 4.36. The van der Waals surface area contributed by atoms with Gasteiger partial charge in [0.1, 0.15) is 29.8 Å². The molecule has 0 atom stereocenters. The maximum absolute atomic E-state index is 12.6. The molecule has 0 aliphatic carbocycles. The molecule has 0 saturated heterocycles. The highest BCUT2D eigenvalue weighted by atomic mass is 79.9. The number of fused-ring (bicyclic) bond motifs is 1. The van der Waals surface area contributed by atoms with Crippen LogP contribution in [-0.4, -0.2) is 40.2 Å². The van der Waals surface area contributed by atoms with E-state index in [-0.39, 0.29) is 11.4 Å². The number of nitrogens with one attached hydrogen (secondary N) is 1. The van der Waals surface area contributed by atoms with Crippen LogP contribution >= 0.6 is 27.7 Å². The summed E-state index contributed by atoms with van der Waals surface area (Å²) in [6.07, 6.45) is 4.54. The molecular formula is C24H23BrN4O3S. The minimum absolute atomic E-state index is 0.0400. The zero-order chi connectivity index (χ0) is 23.2. The van der Waals surface area contributed by atoms with Crippen molar-refractivity contribution in [2.75, 3.05) is 13.2 Å². The van der Waals surface area contributed by atoms with Gasteiger partial charge >= 0.3 is 0 Å². The van der Waals surface area contributed by atoms with Crippen LogP contribution in [-0.2, 0) is 4.79 Å². The first-order valence-electron chi connectivity index (χ1n) is 10.6. The summed E-state index contributed by atoms with van der Waals surface area (Å²) in [5.74, 6) is 1.03. The van der Waals surface area contributed by atoms with Crippen molar-refractivity contribution in [3.8, 4) is 11.5 Å². The Morgan fingerprint density at radius 1 is 1.12 bits per heavy atom. The SMILES string of the molecule is CCCCC1=NN2C(=N)C(=Cc3cccc(OCCOc4ccc(Br)cc4)c3)C(=O)N=C2S1. The molecule has 0 saturated carbocycles. The molecule has 0 unspecified atom stereocenters. The maximum Gasteiger partial charge on any atom is 0.283 e. The summed E-state index contributed by atoms with van der Waals surface area (Å²) in [6, 6.07) is 15.0. The van der Waals surface area contributed by atoms with E-state index >= 15 is 0 Å². The van der Waals surface area contributed by atoms with Gasteiger partial charge in [0, 0.05) is 4.47 Å². The van der Waals surface area contributed by atoms with E-state index in [4.69, 9.17) is 14.9 Å². The van der Waals surface area contributed by atoms with Crippen LogP contribution in [0.2, 0.25) is 0 Å². The van der Waals surface area contributed by atoms with Gasteiger partial charge in [-0.05, 0) is 72.6 Å². The van der Waals surface area contributed by atoms with Crippen LogP contribution in [0.4, 0.5) is 0 Å². The lowest BCUT2D eigenvalue weighted by Crippen LogP contribution is -2.35. The molecule has 0 radical (unpaired) electrons. The molecule has 1 amide bonds. The van der Waals surface area contributed by atoms with Crippen LogP contribution in [0.5, 0.6) is 11.5 Å². The first kappa shape index (κ1) is 23.3. The molecule has 9 heteroatoms. The molecule has 7 nitrogen and oxygen atoms in total. The van der Waals surface area contributed by atoms with Gasteiger partial charge in [-0.2, -0.15) is 15.1 Å². The minimum atomic E-state index is -0.431. The van der Waals surface area contributed by atoms with E-state index in [1.165, 1.54) is 16.8 Å². The Hall–Kier alpha value is -2.91. The Bertz CT molecular complexity index is 1140. The van der Waals surface area contributed by atoms with Crippen LogP contribution in [0.1, 0.15) is 31.7 Å². The van der Waals surface area contributed by atoms with E-state index in [1.54, 1.807) is 6.08 Å². The van der Waals surface area contributed by atoms with Gasteiger partial charge in [0.2, 0.25) is 5.17 Å². The molecule has 2 aliphatic heterocycles. The topological polar surface area (TPSA) is 87.3 Å². The third kappa shape index (κ3) is 5.91. The number of hydrazone groups is 1. The summed E-state index contributed by atoms with van der Waals surface area (Å²) in [4.78, 5) is 16.7. The number of amides is 1. The van der Waals surface area contributed by atoms with E-state index in [1.807, 2.05) is 48.5 Å². The number of hydrogen-bond acceptors (Lipinski definition) is 6. The van der Waals surface area contributed by atoms with Crippen molar-refractivity contribution in [2.24, 2.45) is 10.1 Å². The Labute approximate surface area is 205 Å². The second kappa shape index (κ2) is 10.8. The van der Waals surface area contributed by atoms with Crippen LogP contribution in [0, 0.1) is 5.41 Å². The number of carbonyl (C=O) groups is 1. The zero-order valence-electron chi connectivity index (χ0n) is 18.1. The Balaban J connectivity index is 1.39. The first-order chi connectivity index (χ1) is 16.0. The van der Waals surface area contributed by atoms with Gasteiger partial charge in [-0.3, -0.25) is 10.2 Å². The zero-order valence-corrected chi connectivity index (χ0v) is 20.5. The van der Waals surface area contributed by atoms with Crippen molar-refractivity contribution in [1.29, 1.82) is 5.41 Å². The van der Waals surface area contributed by atoms with Crippen LogP contribution in [0.15, 0.2) is 68.7 Å². The number of aliphatic imine (C=N–C) groups is 1. The Morgan fingerprint density at radius 2 is 1.88 bits per heavy atom. The van der Waals surface area contributed by atoms with Gasteiger partial charge in [-0.15, -0.1) is 0 Å². The molecule has 2 aliphatic rings. The highest BCUT2D eigenvalue weighted by Gasteiger charge is 2.35. The van der Waals surface area contributed by atoms with Crippen molar-refractivity contribution in [3.05, 3.63) is 64.1 Å². The monoisotopic (exact) mass is 526 g/mol. The number of amidine groups is 2. The highest BCUT2D eigenvalue weighted by molar-refractivity contribution is 9.10. The van der Waals surface area contributed by atoms with Crippen LogP contribution in [0.25, 0.3) is 6.08 Å². The van der Waals surface area contributed by atoms with Crippen molar-refractivity contribution in [1.82, 2.24) is 5.01 Å². The molecule has 33 heavy (non-hydrogen) atoms. The Morgan fingerprint density at radius 3 is 2.64 bits per heavy atom. The second-order valence-electron chi connectivity index (χ2n) is 7.34. The lowest BCUT2D eigenvalue weighted by molar-refractivity contribution is -0.114. The average Bonchev–Trinajstić information content (AvgIpc) is 3.22. The summed E-state index contributed by atoms with van der Waals surface area (Å²) in [5, 5.41) is 15.8. The first-order valence-corrected chi connectivity index (χ1v) is 12.2. The summed E-state index contributed by atoms with van der Waals surface area (Å²) >= 11 is 4.76. The number of ether oxygens (including phenoxy) is 2. The van der Waals surface area contributed by atoms with Crippen LogP contribution < -0.4 is 9.47 Å². The number of carbonyl (C=O) groups excluding carboxylic acids is 1. The number of unbranched alkanes of at least 4 members (excludes halogenated alkanes) is 1. The lowest BCUT2D eigenvalue weighted by Gasteiger charge is -2.20. The minimum Gasteiger partial charge on any atom is -0.490 e. The number of rotatable bonds is 9. The summed E-state index contributed by atoms with van der Waals surface area (Å²) in [6.45, 7) is 2.89. The fourth-order valence-electron chi connectivity index (χ4n) is 3.17. The maximum atomic E-state index is 12.6. The molecule has 0 bridgehead atoms. The molecule has 2 heterocycles. The van der Waals surface area contributed by atoms with Gasteiger partial charge in [-0.25, -0.2) is 0 Å². The summed E-state index contributed by atoms with van der Waals surface area (Å²) in [7, 11) is 0. The standard InChI is InChI=1S/C24H23BrN4O3S/c1-2-3-7-21-28-29-22(26)20(23(30)27-24(29)33-21)15-16-5-4-6-19(14-16)32-13-12-31-18-10-8-17(25)9-11-18/h4-6,8-11,14-15,26H,2-3,7,12-13H2,1H3. The number of nitrogens with zero attached hydrogens (tertiary/aromatic N) is 3. The normalized spacial score (nSPS) is 16.5. The van der Waals surface area contributed by atoms with E-state index in [2.05, 4.69) is 32.9 Å². The third-order valence-electron chi connectivity index (χ3n) is 4.84. The van der Waals surface area contributed by atoms with Gasteiger partial charge in [0.25, 0.3) is 5.91 Å². The predicted octanol–water partition coefficient (Wildman–Crippen LogP) is 5.72. The van der Waals surface area contributed by atoms with Gasteiger partial charge in [0.05, 0.1) is 5.57 Å². The van der Waals surface area contributed by atoms with Crippen molar-refractivity contribution >= 4 is 55.7 Å². The van der Waals surface area contributed by atoms with Crippen molar-refractivity contribution in [3.63, 3.8) is 0 Å². The number of halogens is 1. The van der Waals surface area contributed by atoms with Crippen molar-refractivity contribution < 1.29 is 14.3 Å². The lowest BCUT2D eigenvalue weighted by atomic mass is 10.1. The fraction of sp³-hybridized carbons (Fsp3) is 0.250. The average molecular weight is 527 g/mol. The summed E-state index contributed by atoms with van der Waals surface area (Å²) < 4.78 is 12.5. The molecule has 2 aromatic rings. The smallest absolute Gasteiger partial charge is 0.283 e. The largest absolute Gasteiger partial charge is 0.490 e. The summed E-state index contributed by atoms with van der Waals surface area (Å²) in [5.41, 5.74) is 0.950. The second-order valence-corrected chi connectivity index (χ2v) is 9.30. The van der Waals surface area contributed by atoms with Crippen LogP contribution in [0.3, 0.4) is 0 Å². The number of thioether (sulfide) groups is 1. The van der Waals surface area contributed by atoms with E-state index in [0.29, 0.717) is 24.1 Å². The molecule has 0 fully saturated rings. The van der Waals surface area contributed by atoms with Gasteiger partial charge < -0.3 is 9.47 Å².